The monoisotopic (exact) mass is 622 g/mol. The number of fused-ring (bicyclic) bond motifs is 1. The largest absolute Gasteiger partial charge is 0.497 e. The maximum Gasteiger partial charge on any atom is 0.229 e. The summed E-state index contributed by atoms with van der Waals surface area (Å²) in [4.78, 5) is 13.4. The number of hydrogen-bond donors (Lipinski definition) is 7. The van der Waals surface area contributed by atoms with E-state index in [0.717, 1.165) is 0 Å². The van der Waals surface area contributed by atoms with Crippen molar-refractivity contribution >= 4 is 11.0 Å². The van der Waals surface area contributed by atoms with Crippen LogP contribution in [-0.4, -0.2) is 125 Å². The third kappa shape index (κ3) is 5.99. The molecule has 7 N–H and O–H groups in total. The van der Waals surface area contributed by atoms with Crippen molar-refractivity contribution in [3.63, 3.8) is 0 Å². The molecule has 5 rings (SSSR count). The molecule has 44 heavy (non-hydrogen) atoms. The Kier molecular flexibility index (Phi) is 9.71. The molecule has 3 aromatic rings. The maximum atomic E-state index is 13.4. The van der Waals surface area contributed by atoms with Crippen molar-refractivity contribution in [2.24, 2.45) is 0 Å². The van der Waals surface area contributed by atoms with Gasteiger partial charge in [-0.1, -0.05) is 12.1 Å². The molecular formula is C29H34O15. The zero-order chi connectivity index (χ0) is 31.7. The molecule has 2 saturated heterocycles. The van der Waals surface area contributed by atoms with E-state index in [1.165, 1.54) is 32.6 Å². The van der Waals surface area contributed by atoms with E-state index >= 15 is 0 Å². The van der Waals surface area contributed by atoms with Crippen LogP contribution in [0.4, 0.5) is 0 Å². The molecule has 0 saturated carbocycles. The average Bonchev–Trinajstić information content (AvgIpc) is 3.04. The summed E-state index contributed by atoms with van der Waals surface area (Å²) in [7, 11) is 2.86. The molecular weight excluding hydrogens is 588 g/mol. The SMILES string of the molecule is COc1ccc(-c2coc3cc(O[C@@H]4O[C@H](CO)[C@@H](O)[C@H](O[C@@H]5O[C@@H](CO)[C@@H](O)[C@H](O)[C@H]5O)[C@H]4O)c(OC)cc3c2=O)cc1. The summed E-state index contributed by atoms with van der Waals surface area (Å²) < 4.78 is 38.7. The van der Waals surface area contributed by atoms with Gasteiger partial charge in [-0.15, -0.1) is 0 Å². The lowest BCUT2D eigenvalue weighted by atomic mass is 9.97. The highest BCUT2D eigenvalue weighted by Gasteiger charge is 2.51. The topological polar surface area (TPSA) is 227 Å². The standard InChI is InChI=1S/C29H34O15/c1-38-13-5-3-12(4-6-13)15-11-40-16-8-18(17(39-2)7-14(16)21(15)32)41-29-26(37)27(23(34)20(10-31)43-29)44-28-25(36)24(35)22(33)19(9-30)42-28/h3-8,11,19-20,22-31,33-37H,9-10H2,1-2H3/t19-,20+,22+,23+,24-,25+,26+,27-,28-,29+/m0/s1. The van der Waals surface area contributed by atoms with Crippen LogP contribution >= 0.6 is 0 Å². The van der Waals surface area contributed by atoms with Crippen LogP contribution in [0.15, 0.2) is 51.9 Å². The van der Waals surface area contributed by atoms with Crippen LogP contribution in [0.2, 0.25) is 0 Å². The van der Waals surface area contributed by atoms with E-state index in [-0.39, 0.29) is 33.5 Å². The highest BCUT2D eigenvalue weighted by Crippen LogP contribution is 2.36. The summed E-state index contributed by atoms with van der Waals surface area (Å²) >= 11 is 0. The summed E-state index contributed by atoms with van der Waals surface area (Å²) in [6, 6.07) is 9.56. The first-order valence-corrected chi connectivity index (χ1v) is 13.6. The van der Waals surface area contributed by atoms with Crippen LogP contribution in [0.5, 0.6) is 17.2 Å². The van der Waals surface area contributed by atoms with Crippen LogP contribution in [0.1, 0.15) is 0 Å². The van der Waals surface area contributed by atoms with Gasteiger partial charge in [-0.05, 0) is 23.8 Å². The molecule has 0 spiro atoms. The number of aliphatic hydroxyl groups excluding tert-OH is 7. The summed E-state index contributed by atoms with van der Waals surface area (Å²) in [6.07, 6.45) is -15.0. The molecule has 240 valence electrons. The lowest BCUT2D eigenvalue weighted by molar-refractivity contribution is -0.352. The van der Waals surface area contributed by atoms with Crippen molar-refractivity contribution in [1.29, 1.82) is 0 Å². The number of methoxy groups -OCH3 is 2. The lowest BCUT2D eigenvalue weighted by Crippen LogP contribution is -2.65. The minimum Gasteiger partial charge on any atom is -0.497 e. The Bertz CT molecular complexity index is 1470. The summed E-state index contributed by atoms with van der Waals surface area (Å²) in [5, 5.41) is 71.9. The van der Waals surface area contributed by atoms with E-state index in [1.54, 1.807) is 24.3 Å². The van der Waals surface area contributed by atoms with Gasteiger partial charge in [0.15, 0.2) is 17.8 Å². The molecule has 0 radical (unpaired) electrons. The number of ether oxygens (including phenoxy) is 6. The Hall–Kier alpha value is -3.35. The first-order valence-electron chi connectivity index (χ1n) is 13.6. The molecule has 0 unspecified atom stereocenters. The molecule has 10 atom stereocenters. The van der Waals surface area contributed by atoms with Crippen LogP contribution < -0.4 is 19.6 Å². The van der Waals surface area contributed by atoms with Gasteiger partial charge in [-0.25, -0.2) is 0 Å². The van der Waals surface area contributed by atoms with E-state index in [1.807, 2.05) is 0 Å². The maximum absolute atomic E-state index is 13.4. The smallest absolute Gasteiger partial charge is 0.229 e. The zero-order valence-corrected chi connectivity index (χ0v) is 23.6. The molecule has 0 bridgehead atoms. The van der Waals surface area contributed by atoms with Gasteiger partial charge < -0.3 is 68.6 Å². The van der Waals surface area contributed by atoms with Gasteiger partial charge in [0, 0.05) is 6.07 Å². The number of hydrogen-bond acceptors (Lipinski definition) is 15. The Morgan fingerprint density at radius 1 is 0.750 bits per heavy atom. The van der Waals surface area contributed by atoms with Gasteiger partial charge in [-0.3, -0.25) is 4.79 Å². The van der Waals surface area contributed by atoms with Crippen molar-refractivity contribution < 1.29 is 68.6 Å². The van der Waals surface area contributed by atoms with Crippen molar-refractivity contribution in [1.82, 2.24) is 0 Å². The molecule has 15 nitrogen and oxygen atoms in total. The second-order valence-electron chi connectivity index (χ2n) is 10.3. The second kappa shape index (κ2) is 13.3. The highest BCUT2D eigenvalue weighted by molar-refractivity contribution is 5.84. The average molecular weight is 623 g/mol. The fourth-order valence-corrected chi connectivity index (χ4v) is 5.13. The fourth-order valence-electron chi connectivity index (χ4n) is 5.13. The second-order valence-corrected chi connectivity index (χ2v) is 10.3. The normalized spacial score (nSPS) is 32.4. The molecule has 15 heteroatoms. The fraction of sp³-hybridized carbons (Fsp3) is 0.483. The summed E-state index contributed by atoms with van der Waals surface area (Å²) in [5.41, 5.74) is 0.640. The van der Waals surface area contributed by atoms with Crippen molar-refractivity contribution in [2.45, 2.75) is 61.4 Å². The van der Waals surface area contributed by atoms with Gasteiger partial charge in [0.1, 0.15) is 66.4 Å². The minimum atomic E-state index is -1.83. The molecule has 0 amide bonds. The van der Waals surface area contributed by atoms with Gasteiger partial charge in [0.25, 0.3) is 0 Å². The van der Waals surface area contributed by atoms with Gasteiger partial charge in [0.05, 0.1) is 38.4 Å². The van der Waals surface area contributed by atoms with E-state index in [4.69, 9.17) is 32.8 Å². The first kappa shape index (κ1) is 32.1. The number of benzene rings is 2. The predicted molar refractivity (Wildman–Crippen MR) is 148 cm³/mol. The molecule has 1 aromatic heterocycles. The lowest BCUT2D eigenvalue weighted by Gasteiger charge is -2.45. The Labute approximate surface area is 249 Å². The van der Waals surface area contributed by atoms with Crippen molar-refractivity contribution in [3.8, 4) is 28.4 Å². The van der Waals surface area contributed by atoms with Crippen LogP contribution in [-0.2, 0) is 14.2 Å². The van der Waals surface area contributed by atoms with Gasteiger partial charge >= 0.3 is 0 Å². The predicted octanol–water partition coefficient (Wildman–Crippen LogP) is -1.52. The van der Waals surface area contributed by atoms with Crippen LogP contribution in [0, 0.1) is 0 Å². The molecule has 0 aliphatic carbocycles. The number of aliphatic hydroxyl groups is 7. The summed E-state index contributed by atoms with van der Waals surface area (Å²) in [5.74, 6) is 0.640. The molecule has 2 aromatic carbocycles. The van der Waals surface area contributed by atoms with Gasteiger partial charge in [0.2, 0.25) is 11.7 Å². The van der Waals surface area contributed by atoms with Crippen LogP contribution in [0.25, 0.3) is 22.1 Å². The van der Waals surface area contributed by atoms with E-state index < -0.39 is 74.6 Å². The zero-order valence-electron chi connectivity index (χ0n) is 23.6. The van der Waals surface area contributed by atoms with E-state index in [9.17, 15) is 40.5 Å². The number of rotatable bonds is 9. The third-order valence-electron chi connectivity index (χ3n) is 7.66. The Balaban J connectivity index is 1.42. The van der Waals surface area contributed by atoms with Crippen molar-refractivity contribution in [3.05, 3.63) is 52.9 Å². The first-order chi connectivity index (χ1) is 21.1. The quantitative estimate of drug-likeness (QED) is 0.144. The van der Waals surface area contributed by atoms with Crippen molar-refractivity contribution in [2.75, 3.05) is 27.4 Å². The van der Waals surface area contributed by atoms with Gasteiger partial charge in [-0.2, -0.15) is 0 Å². The minimum absolute atomic E-state index is 0.0379. The third-order valence-corrected chi connectivity index (χ3v) is 7.66. The van der Waals surface area contributed by atoms with Crippen LogP contribution in [0.3, 0.4) is 0 Å². The van der Waals surface area contributed by atoms with E-state index in [0.29, 0.717) is 11.3 Å². The Morgan fingerprint density at radius 2 is 1.41 bits per heavy atom. The molecule has 3 heterocycles. The Morgan fingerprint density at radius 3 is 2.05 bits per heavy atom. The highest BCUT2D eigenvalue weighted by atomic mass is 16.7. The molecule has 2 aliphatic heterocycles. The van der Waals surface area contributed by atoms with E-state index in [2.05, 4.69) is 0 Å². The molecule has 2 fully saturated rings. The summed E-state index contributed by atoms with van der Waals surface area (Å²) in [6.45, 7) is -1.46. The molecule has 2 aliphatic rings.